The fraction of sp³-hybridized carbons (Fsp3) is 0.556. The van der Waals surface area contributed by atoms with Crippen LogP contribution in [0.5, 0.6) is 0 Å². The van der Waals surface area contributed by atoms with Gasteiger partial charge in [0.05, 0.1) is 6.61 Å². The summed E-state index contributed by atoms with van der Waals surface area (Å²) >= 11 is 0. The maximum Gasteiger partial charge on any atom is 0.103 e. The van der Waals surface area contributed by atoms with Crippen LogP contribution in [0.25, 0.3) is 0 Å². The number of aliphatic hydroxyl groups excluding tert-OH is 1. The molecule has 0 aromatic heterocycles. The Kier molecular flexibility index (Phi) is 3.47. The molecule has 0 aliphatic heterocycles. The van der Waals surface area contributed by atoms with E-state index in [4.69, 9.17) is 15.8 Å². The van der Waals surface area contributed by atoms with E-state index in [1.165, 1.54) is 5.57 Å². The smallest absolute Gasteiger partial charge is 0.103 e. The summed E-state index contributed by atoms with van der Waals surface area (Å²) in [5.41, 5.74) is 2.26. The Balaban J connectivity index is 2.55. The highest BCUT2D eigenvalue weighted by Gasteiger charge is 2.19. The first kappa shape index (κ1) is 9.45. The lowest BCUT2D eigenvalue weighted by Gasteiger charge is -2.24. The van der Waals surface area contributed by atoms with Crippen molar-refractivity contribution in [2.24, 2.45) is 5.90 Å². The van der Waals surface area contributed by atoms with Crippen molar-refractivity contribution in [1.82, 2.24) is 0 Å². The second kappa shape index (κ2) is 4.40. The van der Waals surface area contributed by atoms with Gasteiger partial charge in [0.1, 0.15) is 6.10 Å². The van der Waals surface area contributed by atoms with E-state index in [2.05, 4.69) is 6.58 Å². The Bertz CT molecular complexity index is 199. The average Bonchev–Trinajstić information content (AvgIpc) is 2.09. The summed E-state index contributed by atoms with van der Waals surface area (Å²) in [6.45, 7) is 3.96. The first-order valence-electron chi connectivity index (χ1n) is 4.10. The summed E-state index contributed by atoms with van der Waals surface area (Å²) < 4.78 is 0. The molecule has 68 valence electrons. The standard InChI is InChI=1S/C9H15NO2/c1-7-2-3-8(4-5-11)6-9(7)12-10/h4,9,11H,1-3,5-6,10H2. The first-order valence-corrected chi connectivity index (χ1v) is 4.10. The average molecular weight is 169 g/mol. The van der Waals surface area contributed by atoms with E-state index in [1.54, 1.807) is 0 Å². The lowest BCUT2D eigenvalue weighted by Crippen LogP contribution is -2.23. The molecule has 3 N–H and O–H groups in total. The molecule has 0 bridgehead atoms. The van der Waals surface area contributed by atoms with Gasteiger partial charge in [0, 0.05) is 6.42 Å². The minimum absolute atomic E-state index is 0.0588. The van der Waals surface area contributed by atoms with Crippen LogP contribution in [-0.4, -0.2) is 17.8 Å². The molecule has 0 amide bonds. The Morgan fingerprint density at radius 1 is 1.67 bits per heavy atom. The van der Waals surface area contributed by atoms with E-state index in [-0.39, 0.29) is 12.7 Å². The zero-order valence-corrected chi connectivity index (χ0v) is 7.12. The van der Waals surface area contributed by atoms with Gasteiger partial charge in [0.25, 0.3) is 0 Å². The molecular weight excluding hydrogens is 154 g/mol. The quantitative estimate of drug-likeness (QED) is 0.477. The van der Waals surface area contributed by atoms with Crippen LogP contribution in [0.1, 0.15) is 19.3 Å². The summed E-state index contributed by atoms with van der Waals surface area (Å²) in [5, 5.41) is 8.67. The van der Waals surface area contributed by atoms with Crippen LogP contribution in [0.4, 0.5) is 0 Å². The monoisotopic (exact) mass is 169 g/mol. The Morgan fingerprint density at radius 3 is 3.00 bits per heavy atom. The van der Waals surface area contributed by atoms with Gasteiger partial charge in [-0.2, -0.15) is 0 Å². The second-order valence-electron chi connectivity index (χ2n) is 3.03. The van der Waals surface area contributed by atoms with E-state index in [1.807, 2.05) is 6.08 Å². The third kappa shape index (κ3) is 2.17. The highest BCUT2D eigenvalue weighted by molar-refractivity contribution is 5.18. The number of aliphatic hydroxyl groups is 1. The van der Waals surface area contributed by atoms with Crippen molar-refractivity contribution in [3.63, 3.8) is 0 Å². The van der Waals surface area contributed by atoms with E-state index in [9.17, 15) is 0 Å². The molecule has 0 aromatic rings. The molecule has 0 saturated heterocycles. The van der Waals surface area contributed by atoms with Crippen molar-refractivity contribution in [3.05, 3.63) is 23.8 Å². The molecule has 0 heterocycles. The Hall–Kier alpha value is -0.640. The lowest BCUT2D eigenvalue weighted by atomic mass is 9.89. The molecule has 3 heteroatoms. The Morgan fingerprint density at radius 2 is 2.42 bits per heavy atom. The van der Waals surface area contributed by atoms with Gasteiger partial charge in [-0.3, -0.25) is 4.84 Å². The van der Waals surface area contributed by atoms with Gasteiger partial charge in [0.15, 0.2) is 0 Å². The predicted molar refractivity (Wildman–Crippen MR) is 47.2 cm³/mol. The highest BCUT2D eigenvalue weighted by atomic mass is 16.6. The molecule has 1 aliphatic rings. The van der Waals surface area contributed by atoms with Crippen molar-refractivity contribution in [1.29, 1.82) is 0 Å². The molecule has 1 aliphatic carbocycles. The summed E-state index contributed by atoms with van der Waals surface area (Å²) in [6.07, 6.45) is 4.41. The molecule has 0 aromatic carbocycles. The number of nitrogens with two attached hydrogens (primary N) is 1. The summed E-state index contributed by atoms with van der Waals surface area (Å²) in [6, 6.07) is 0. The van der Waals surface area contributed by atoms with Crippen LogP contribution in [0, 0.1) is 0 Å². The third-order valence-electron chi connectivity index (χ3n) is 2.21. The molecule has 0 radical (unpaired) electrons. The molecule has 1 saturated carbocycles. The zero-order valence-electron chi connectivity index (χ0n) is 7.12. The molecule has 12 heavy (non-hydrogen) atoms. The van der Waals surface area contributed by atoms with Gasteiger partial charge in [-0.15, -0.1) is 0 Å². The number of hydrogen-bond donors (Lipinski definition) is 2. The minimum atomic E-state index is -0.0588. The predicted octanol–water partition coefficient (Wildman–Crippen LogP) is 0.904. The first-order chi connectivity index (χ1) is 5.77. The van der Waals surface area contributed by atoms with E-state index in [0.29, 0.717) is 0 Å². The van der Waals surface area contributed by atoms with Gasteiger partial charge in [-0.25, -0.2) is 5.90 Å². The van der Waals surface area contributed by atoms with E-state index < -0.39 is 0 Å². The number of rotatable bonds is 2. The van der Waals surface area contributed by atoms with Crippen LogP contribution in [-0.2, 0) is 4.84 Å². The van der Waals surface area contributed by atoms with Crippen LogP contribution in [0.15, 0.2) is 23.8 Å². The fourth-order valence-electron chi connectivity index (χ4n) is 1.43. The molecule has 1 rings (SSSR count). The third-order valence-corrected chi connectivity index (χ3v) is 2.21. The highest BCUT2D eigenvalue weighted by Crippen LogP contribution is 2.27. The lowest BCUT2D eigenvalue weighted by molar-refractivity contribution is 0.0714. The molecular formula is C9H15NO2. The van der Waals surface area contributed by atoms with Crippen LogP contribution >= 0.6 is 0 Å². The summed E-state index contributed by atoms with van der Waals surface area (Å²) in [4.78, 5) is 4.76. The summed E-state index contributed by atoms with van der Waals surface area (Å²) in [5.74, 6) is 5.10. The number of hydrogen-bond acceptors (Lipinski definition) is 3. The SMILES string of the molecule is C=C1CCC(=CCO)CC1ON. The largest absolute Gasteiger partial charge is 0.392 e. The van der Waals surface area contributed by atoms with Gasteiger partial charge in [0.2, 0.25) is 0 Å². The fourth-order valence-corrected chi connectivity index (χ4v) is 1.43. The maximum absolute atomic E-state index is 8.67. The van der Waals surface area contributed by atoms with Gasteiger partial charge < -0.3 is 5.11 Å². The van der Waals surface area contributed by atoms with Crippen LogP contribution in [0.3, 0.4) is 0 Å². The molecule has 1 fully saturated rings. The molecule has 0 spiro atoms. The minimum Gasteiger partial charge on any atom is -0.392 e. The van der Waals surface area contributed by atoms with Crippen molar-refractivity contribution in [2.45, 2.75) is 25.4 Å². The van der Waals surface area contributed by atoms with E-state index >= 15 is 0 Å². The molecule has 1 atom stereocenters. The molecule has 1 unspecified atom stereocenters. The van der Waals surface area contributed by atoms with Crippen molar-refractivity contribution in [2.75, 3.05) is 6.61 Å². The van der Waals surface area contributed by atoms with E-state index in [0.717, 1.165) is 24.8 Å². The van der Waals surface area contributed by atoms with Crippen LogP contribution in [0.2, 0.25) is 0 Å². The van der Waals surface area contributed by atoms with Crippen molar-refractivity contribution >= 4 is 0 Å². The Labute approximate surface area is 72.5 Å². The zero-order chi connectivity index (χ0) is 8.97. The topological polar surface area (TPSA) is 55.5 Å². The second-order valence-corrected chi connectivity index (χ2v) is 3.03. The van der Waals surface area contributed by atoms with Crippen molar-refractivity contribution < 1.29 is 9.94 Å². The maximum atomic E-state index is 8.67. The van der Waals surface area contributed by atoms with Crippen molar-refractivity contribution in [3.8, 4) is 0 Å². The van der Waals surface area contributed by atoms with Gasteiger partial charge in [-0.1, -0.05) is 18.2 Å². The van der Waals surface area contributed by atoms with Gasteiger partial charge >= 0.3 is 0 Å². The summed E-state index contributed by atoms with van der Waals surface area (Å²) in [7, 11) is 0. The normalized spacial score (nSPS) is 28.0. The van der Waals surface area contributed by atoms with Gasteiger partial charge in [-0.05, 0) is 18.4 Å². The van der Waals surface area contributed by atoms with Crippen LogP contribution < -0.4 is 5.90 Å². The molecule has 3 nitrogen and oxygen atoms in total.